The second-order valence-electron chi connectivity index (χ2n) is 1.22. The highest BCUT2D eigenvalue weighted by atomic mass is 32.2. The fourth-order valence-electron chi connectivity index (χ4n) is 0.209. The zero-order valence-electron chi connectivity index (χ0n) is 4.57. The molecule has 0 N–H and O–H groups in total. The quantitative estimate of drug-likeness (QED) is 0.573. The summed E-state index contributed by atoms with van der Waals surface area (Å²) in [5, 5.41) is -3.92. The highest BCUT2D eigenvalue weighted by molar-refractivity contribution is 8.02. The molecule has 0 saturated carbocycles. The van der Waals surface area contributed by atoms with E-state index in [0.717, 1.165) is 5.75 Å². The van der Waals surface area contributed by atoms with E-state index < -0.39 is 11.7 Å². The van der Waals surface area contributed by atoms with Gasteiger partial charge in [-0.3, -0.25) is 0 Å². The lowest BCUT2D eigenvalue weighted by atomic mass is 10.7. The van der Waals surface area contributed by atoms with Gasteiger partial charge in [-0.2, -0.15) is 8.78 Å². The van der Waals surface area contributed by atoms with E-state index in [1.165, 1.54) is 6.92 Å². The van der Waals surface area contributed by atoms with Crippen LogP contribution >= 0.6 is 11.8 Å². The van der Waals surface area contributed by atoms with Crippen LogP contribution in [0.2, 0.25) is 0 Å². The van der Waals surface area contributed by atoms with Crippen LogP contribution in [0.3, 0.4) is 0 Å². The summed E-state index contributed by atoms with van der Waals surface area (Å²) in [5.74, 6) is 0.937. The summed E-state index contributed by atoms with van der Waals surface area (Å²) in [6.45, 7) is 1.28. The molecular weight excluding hydrogens is 156 g/mol. The molecule has 0 aromatic rings. The topological polar surface area (TPSA) is 0 Å². The van der Waals surface area contributed by atoms with Gasteiger partial charge in [0.25, 0.3) is 0 Å². The maximum absolute atomic E-state index is 11.7. The zero-order valence-corrected chi connectivity index (χ0v) is 5.39. The highest BCUT2D eigenvalue weighted by Crippen LogP contribution is 2.36. The Morgan fingerprint density at radius 3 is 2.00 bits per heavy atom. The Labute approximate surface area is 54.6 Å². The second-order valence-corrected chi connectivity index (χ2v) is 2.47. The van der Waals surface area contributed by atoms with Crippen LogP contribution in [0, 0.1) is 5.75 Å². The van der Waals surface area contributed by atoms with E-state index in [-0.39, 0.29) is 11.8 Å². The number of alkyl halides is 4. The molecule has 0 saturated heterocycles. The first-order valence-electron chi connectivity index (χ1n) is 2.12. The van der Waals surface area contributed by atoms with Crippen molar-refractivity contribution in [2.45, 2.75) is 18.6 Å². The lowest BCUT2D eigenvalue weighted by Gasteiger charge is -2.11. The molecule has 0 bridgehead atoms. The Hall–Kier alpha value is 0.0700. The van der Waals surface area contributed by atoms with Crippen molar-refractivity contribution in [1.29, 1.82) is 0 Å². The molecule has 0 heterocycles. The van der Waals surface area contributed by atoms with Crippen molar-refractivity contribution >= 4 is 11.8 Å². The maximum atomic E-state index is 11.7. The van der Waals surface area contributed by atoms with E-state index in [2.05, 4.69) is 0 Å². The molecule has 1 radical (unpaired) electrons. The molecule has 0 aromatic heterocycles. The molecule has 55 valence electrons. The smallest absolute Gasteiger partial charge is 0.202 e. The van der Waals surface area contributed by atoms with E-state index in [9.17, 15) is 17.6 Å². The number of hydrogen-bond acceptors (Lipinski definition) is 1. The molecular formula is C4H5F4S. The summed E-state index contributed by atoms with van der Waals surface area (Å²) in [7, 11) is 0. The van der Waals surface area contributed by atoms with Gasteiger partial charge < -0.3 is 0 Å². The van der Waals surface area contributed by atoms with E-state index in [1.54, 1.807) is 0 Å². The summed E-state index contributed by atoms with van der Waals surface area (Å²) in [5.41, 5.74) is 0. The first kappa shape index (κ1) is 9.07. The minimum atomic E-state index is -3.92. The molecule has 0 rings (SSSR count). The van der Waals surface area contributed by atoms with Gasteiger partial charge in [-0.25, -0.2) is 8.78 Å². The van der Waals surface area contributed by atoms with Crippen LogP contribution in [0.1, 0.15) is 6.92 Å². The zero-order chi connectivity index (χ0) is 7.49. The Morgan fingerprint density at radius 2 is 1.89 bits per heavy atom. The van der Waals surface area contributed by atoms with Crippen molar-refractivity contribution in [3.8, 4) is 0 Å². The van der Waals surface area contributed by atoms with Crippen LogP contribution in [0.5, 0.6) is 0 Å². The minimum absolute atomic E-state index is 0.167. The minimum Gasteiger partial charge on any atom is -0.202 e. The van der Waals surface area contributed by atoms with Gasteiger partial charge >= 0.3 is 11.7 Å². The Balaban J connectivity index is 3.70. The molecule has 0 aliphatic heterocycles. The predicted octanol–water partition coefficient (Wildman–Crippen LogP) is 2.76. The van der Waals surface area contributed by atoms with E-state index >= 15 is 0 Å². The lowest BCUT2D eigenvalue weighted by Crippen LogP contribution is -2.20. The largest absolute Gasteiger partial charge is 0.353 e. The van der Waals surface area contributed by atoms with Crippen molar-refractivity contribution < 1.29 is 17.6 Å². The van der Waals surface area contributed by atoms with E-state index in [0.29, 0.717) is 0 Å². The molecule has 0 aliphatic carbocycles. The number of rotatable bonds is 3. The third-order valence-electron chi connectivity index (χ3n) is 0.529. The van der Waals surface area contributed by atoms with Gasteiger partial charge in [0.1, 0.15) is 0 Å². The molecule has 0 spiro atoms. The van der Waals surface area contributed by atoms with Crippen molar-refractivity contribution in [2.24, 2.45) is 0 Å². The van der Waals surface area contributed by atoms with Crippen molar-refractivity contribution in [3.63, 3.8) is 0 Å². The first-order chi connectivity index (χ1) is 4.00. The molecule has 9 heavy (non-hydrogen) atoms. The maximum Gasteiger partial charge on any atom is 0.353 e. The van der Waals surface area contributed by atoms with Crippen LogP contribution in [0.15, 0.2) is 0 Å². The molecule has 0 nitrogen and oxygen atoms in total. The van der Waals surface area contributed by atoms with Gasteiger partial charge in [0.15, 0.2) is 0 Å². The summed E-state index contributed by atoms with van der Waals surface area (Å²) >= 11 is -0.167. The molecule has 0 unspecified atom stereocenters. The van der Waals surface area contributed by atoms with Gasteiger partial charge in [0, 0.05) is 5.75 Å². The number of hydrogen-bond donors (Lipinski definition) is 0. The molecule has 0 aliphatic rings. The molecule has 0 fully saturated rings. The lowest BCUT2D eigenvalue weighted by molar-refractivity contribution is -0.0560. The molecule has 5 heteroatoms. The van der Waals surface area contributed by atoms with Gasteiger partial charge in [0.2, 0.25) is 0 Å². The van der Waals surface area contributed by atoms with Gasteiger partial charge in [0.05, 0.1) is 0 Å². The second kappa shape index (κ2) is 3.29. The monoisotopic (exact) mass is 161 g/mol. The van der Waals surface area contributed by atoms with Gasteiger partial charge in [-0.1, -0.05) is 18.7 Å². The number of thioether (sulfide) groups is 1. The molecule has 0 amide bonds. The standard InChI is InChI=1S/C4H5F4S/c1-2-9-4(7,8)3(5)6/h2-3H,1H3. The van der Waals surface area contributed by atoms with Crippen LogP contribution < -0.4 is 0 Å². The number of halogens is 4. The van der Waals surface area contributed by atoms with Crippen LogP contribution in [0.4, 0.5) is 17.6 Å². The van der Waals surface area contributed by atoms with Crippen LogP contribution in [-0.2, 0) is 0 Å². The summed E-state index contributed by atoms with van der Waals surface area (Å²) in [4.78, 5) is 0. The van der Waals surface area contributed by atoms with Crippen molar-refractivity contribution in [1.82, 2.24) is 0 Å². The molecule has 0 aromatic carbocycles. The SMILES string of the molecule is C[CH]SC(F)(F)C(F)F. The Morgan fingerprint density at radius 1 is 1.44 bits per heavy atom. The van der Waals surface area contributed by atoms with Crippen LogP contribution in [-0.4, -0.2) is 11.7 Å². The highest BCUT2D eigenvalue weighted by Gasteiger charge is 2.40. The fraction of sp³-hybridized carbons (Fsp3) is 0.750. The van der Waals surface area contributed by atoms with Gasteiger partial charge in [-0.05, 0) is 0 Å². The Bertz CT molecular complexity index is 82.6. The van der Waals surface area contributed by atoms with Crippen molar-refractivity contribution in [3.05, 3.63) is 5.75 Å². The van der Waals surface area contributed by atoms with Crippen molar-refractivity contribution in [2.75, 3.05) is 0 Å². The molecule has 0 atom stereocenters. The average Bonchev–Trinajstić information content (AvgIpc) is 1.65. The van der Waals surface area contributed by atoms with Gasteiger partial charge in [-0.15, -0.1) is 0 Å². The predicted molar refractivity (Wildman–Crippen MR) is 28.5 cm³/mol. The first-order valence-corrected chi connectivity index (χ1v) is 3.00. The Kier molecular flexibility index (Phi) is 3.32. The third-order valence-corrected chi connectivity index (χ3v) is 1.26. The van der Waals surface area contributed by atoms with E-state index in [4.69, 9.17) is 0 Å². The summed E-state index contributed by atoms with van der Waals surface area (Å²) in [6, 6.07) is 0. The third kappa shape index (κ3) is 2.93. The van der Waals surface area contributed by atoms with E-state index in [1.807, 2.05) is 0 Å². The normalized spacial score (nSPS) is 12.7. The summed E-state index contributed by atoms with van der Waals surface area (Å²) in [6.07, 6.45) is -3.58. The summed E-state index contributed by atoms with van der Waals surface area (Å²) < 4.78 is 45.9. The van der Waals surface area contributed by atoms with Crippen LogP contribution in [0.25, 0.3) is 0 Å². The average molecular weight is 161 g/mol. The fourth-order valence-corrected chi connectivity index (χ4v) is 0.626.